The van der Waals surface area contributed by atoms with Crippen molar-refractivity contribution in [1.29, 1.82) is 0 Å². The molecule has 1 N–H and O–H groups in total. The van der Waals surface area contributed by atoms with Crippen LogP contribution in [0.2, 0.25) is 0 Å². The average Bonchev–Trinajstić information content (AvgIpc) is 2.89. The summed E-state index contributed by atoms with van der Waals surface area (Å²) in [6.07, 6.45) is -0.500. The lowest BCUT2D eigenvalue weighted by Crippen LogP contribution is -2.27. The van der Waals surface area contributed by atoms with Gasteiger partial charge in [-0.05, 0) is 45.0 Å². The number of ether oxygens (including phenoxy) is 1. The van der Waals surface area contributed by atoms with E-state index in [0.29, 0.717) is 17.2 Å². The molecule has 118 valence electrons. The minimum atomic E-state index is -0.541. The molecule has 0 aliphatic rings. The molecule has 2 aromatic carbocycles. The molecular formula is C18H18N2O3. The third-order valence-corrected chi connectivity index (χ3v) is 3.05. The van der Waals surface area contributed by atoms with E-state index in [4.69, 9.17) is 9.15 Å². The molecule has 0 saturated heterocycles. The van der Waals surface area contributed by atoms with E-state index in [9.17, 15) is 4.79 Å². The molecule has 0 spiro atoms. The maximum absolute atomic E-state index is 11.8. The first kappa shape index (κ1) is 15.1. The van der Waals surface area contributed by atoms with E-state index in [1.165, 1.54) is 0 Å². The van der Waals surface area contributed by atoms with Gasteiger partial charge in [-0.15, -0.1) is 0 Å². The fourth-order valence-corrected chi connectivity index (χ4v) is 2.13. The summed E-state index contributed by atoms with van der Waals surface area (Å²) in [5.41, 5.74) is 2.31. The number of amides is 1. The highest BCUT2D eigenvalue weighted by molar-refractivity contribution is 5.88. The van der Waals surface area contributed by atoms with Gasteiger partial charge in [0.15, 0.2) is 5.58 Å². The molecule has 3 aromatic rings. The summed E-state index contributed by atoms with van der Waals surface area (Å²) in [6, 6.07) is 15.0. The number of rotatable bonds is 2. The van der Waals surface area contributed by atoms with Crippen LogP contribution in [0, 0.1) is 0 Å². The molecule has 0 atom stereocenters. The van der Waals surface area contributed by atoms with E-state index in [2.05, 4.69) is 10.3 Å². The highest BCUT2D eigenvalue weighted by atomic mass is 16.6. The molecule has 1 amide bonds. The summed E-state index contributed by atoms with van der Waals surface area (Å²) in [7, 11) is 0. The average molecular weight is 310 g/mol. The highest BCUT2D eigenvalue weighted by Gasteiger charge is 2.16. The molecule has 0 aliphatic heterocycles. The Morgan fingerprint density at radius 1 is 1.13 bits per heavy atom. The Balaban J connectivity index is 1.84. The van der Waals surface area contributed by atoms with Gasteiger partial charge < -0.3 is 9.15 Å². The molecule has 1 heterocycles. The molecule has 0 unspecified atom stereocenters. The van der Waals surface area contributed by atoms with Crippen molar-refractivity contribution in [2.24, 2.45) is 0 Å². The lowest BCUT2D eigenvalue weighted by Gasteiger charge is -2.19. The number of hydrogen-bond donors (Lipinski definition) is 1. The van der Waals surface area contributed by atoms with E-state index in [-0.39, 0.29) is 0 Å². The van der Waals surface area contributed by atoms with Gasteiger partial charge >= 0.3 is 6.09 Å². The molecule has 5 nitrogen and oxygen atoms in total. The van der Waals surface area contributed by atoms with Crippen LogP contribution >= 0.6 is 0 Å². The molecule has 0 aliphatic carbocycles. The van der Waals surface area contributed by atoms with Crippen LogP contribution in [0.15, 0.2) is 52.9 Å². The second-order valence-corrected chi connectivity index (χ2v) is 6.19. The minimum absolute atomic E-state index is 0.500. The van der Waals surface area contributed by atoms with Crippen LogP contribution in [-0.4, -0.2) is 16.7 Å². The number of nitrogens with one attached hydrogen (secondary N) is 1. The Hall–Kier alpha value is -2.82. The summed E-state index contributed by atoms with van der Waals surface area (Å²) in [5, 5.41) is 2.69. The van der Waals surface area contributed by atoms with Gasteiger partial charge in [0.2, 0.25) is 5.89 Å². The number of nitrogens with zero attached hydrogens (tertiary/aromatic N) is 1. The standard InChI is InChI=1S/C18H18N2O3/c1-18(2,3)23-17(21)19-13-9-10-14-15(11-13)22-16(20-14)12-7-5-4-6-8-12/h4-11H,1-3H3,(H,19,21). The first-order chi connectivity index (χ1) is 10.9. The van der Waals surface area contributed by atoms with Crippen LogP contribution in [0.25, 0.3) is 22.6 Å². The maximum Gasteiger partial charge on any atom is 0.412 e. The number of oxazole rings is 1. The van der Waals surface area contributed by atoms with Crippen molar-refractivity contribution in [1.82, 2.24) is 4.98 Å². The smallest absolute Gasteiger partial charge is 0.412 e. The Bertz CT molecular complexity index is 832. The largest absolute Gasteiger partial charge is 0.444 e. The number of carbonyl (C=O) groups is 1. The topological polar surface area (TPSA) is 64.4 Å². The van der Waals surface area contributed by atoms with Crippen molar-refractivity contribution in [3.63, 3.8) is 0 Å². The number of benzene rings is 2. The fourth-order valence-electron chi connectivity index (χ4n) is 2.13. The summed E-state index contributed by atoms with van der Waals surface area (Å²) >= 11 is 0. The van der Waals surface area contributed by atoms with Crippen LogP contribution in [-0.2, 0) is 4.74 Å². The van der Waals surface area contributed by atoms with Gasteiger partial charge in [-0.25, -0.2) is 9.78 Å². The Morgan fingerprint density at radius 2 is 1.87 bits per heavy atom. The first-order valence-corrected chi connectivity index (χ1v) is 7.37. The Labute approximate surface area is 134 Å². The number of hydrogen-bond acceptors (Lipinski definition) is 4. The lowest BCUT2D eigenvalue weighted by molar-refractivity contribution is 0.0636. The normalized spacial score (nSPS) is 11.4. The SMILES string of the molecule is CC(C)(C)OC(=O)Nc1ccc2nc(-c3ccccc3)oc2c1. The Kier molecular flexibility index (Phi) is 3.78. The monoisotopic (exact) mass is 310 g/mol. The quantitative estimate of drug-likeness (QED) is 0.735. The van der Waals surface area contributed by atoms with Crippen LogP contribution < -0.4 is 5.32 Å². The van der Waals surface area contributed by atoms with Gasteiger partial charge in [0.25, 0.3) is 0 Å². The zero-order valence-corrected chi connectivity index (χ0v) is 13.3. The van der Waals surface area contributed by atoms with E-state index in [1.807, 2.05) is 51.1 Å². The van der Waals surface area contributed by atoms with Crippen LogP contribution in [0.1, 0.15) is 20.8 Å². The highest BCUT2D eigenvalue weighted by Crippen LogP contribution is 2.26. The van der Waals surface area contributed by atoms with Crippen LogP contribution in [0.3, 0.4) is 0 Å². The summed E-state index contributed by atoms with van der Waals surface area (Å²) in [4.78, 5) is 16.3. The van der Waals surface area contributed by atoms with Crippen LogP contribution in [0.4, 0.5) is 10.5 Å². The van der Waals surface area contributed by atoms with Gasteiger partial charge in [-0.1, -0.05) is 18.2 Å². The fraction of sp³-hybridized carbons (Fsp3) is 0.222. The van der Waals surface area contributed by atoms with E-state index in [0.717, 1.165) is 11.1 Å². The van der Waals surface area contributed by atoms with E-state index < -0.39 is 11.7 Å². The van der Waals surface area contributed by atoms with Crippen molar-refractivity contribution in [3.8, 4) is 11.5 Å². The lowest BCUT2D eigenvalue weighted by atomic mass is 10.2. The predicted molar refractivity (Wildman–Crippen MR) is 89.3 cm³/mol. The second-order valence-electron chi connectivity index (χ2n) is 6.19. The zero-order chi connectivity index (χ0) is 16.4. The van der Waals surface area contributed by atoms with Crippen molar-refractivity contribution in [3.05, 3.63) is 48.5 Å². The summed E-state index contributed by atoms with van der Waals surface area (Å²) in [6.45, 7) is 5.45. The third kappa shape index (κ3) is 3.69. The molecule has 0 radical (unpaired) electrons. The predicted octanol–water partition coefficient (Wildman–Crippen LogP) is 4.84. The number of aromatic nitrogens is 1. The summed E-state index contributed by atoms with van der Waals surface area (Å²) < 4.78 is 11.0. The van der Waals surface area contributed by atoms with Gasteiger partial charge in [0.1, 0.15) is 11.1 Å². The van der Waals surface area contributed by atoms with E-state index in [1.54, 1.807) is 18.2 Å². The molecule has 0 saturated carbocycles. The molecule has 1 aromatic heterocycles. The molecule has 0 bridgehead atoms. The first-order valence-electron chi connectivity index (χ1n) is 7.37. The van der Waals surface area contributed by atoms with Crippen molar-refractivity contribution in [2.45, 2.75) is 26.4 Å². The number of carbonyl (C=O) groups excluding carboxylic acids is 1. The number of anilines is 1. The third-order valence-electron chi connectivity index (χ3n) is 3.05. The molecule has 5 heteroatoms. The van der Waals surface area contributed by atoms with Crippen LogP contribution in [0.5, 0.6) is 0 Å². The van der Waals surface area contributed by atoms with Gasteiger partial charge in [0, 0.05) is 17.3 Å². The van der Waals surface area contributed by atoms with Gasteiger partial charge in [-0.3, -0.25) is 5.32 Å². The number of fused-ring (bicyclic) bond motifs is 1. The van der Waals surface area contributed by atoms with Crippen molar-refractivity contribution >= 4 is 22.9 Å². The van der Waals surface area contributed by atoms with Crippen molar-refractivity contribution in [2.75, 3.05) is 5.32 Å². The molecular weight excluding hydrogens is 292 g/mol. The minimum Gasteiger partial charge on any atom is -0.444 e. The van der Waals surface area contributed by atoms with Gasteiger partial charge in [0.05, 0.1) is 0 Å². The molecule has 3 rings (SSSR count). The zero-order valence-electron chi connectivity index (χ0n) is 13.3. The van der Waals surface area contributed by atoms with Crippen molar-refractivity contribution < 1.29 is 13.9 Å². The second kappa shape index (κ2) is 5.76. The van der Waals surface area contributed by atoms with Gasteiger partial charge in [-0.2, -0.15) is 0 Å². The van der Waals surface area contributed by atoms with E-state index >= 15 is 0 Å². The maximum atomic E-state index is 11.8. The molecule has 0 fully saturated rings. The molecule has 23 heavy (non-hydrogen) atoms. The Morgan fingerprint density at radius 3 is 2.57 bits per heavy atom. The summed E-state index contributed by atoms with van der Waals surface area (Å²) in [5.74, 6) is 0.551.